The molecule has 0 radical (unpaired) electrons. The Balaban J connectivity index is 2.04. The minimum atomic E-state index is -0.584. The predicted octanol–water partition coefficient (Wildman–Crippen LogP) is 2.50. The Morgan fingerprint density at radius 3 is 2.44 bits per heavy atom. The molecule has 3 heteroatoms. The second-order valence-corrected chi connectivity index (χ2v) is 5.21. The summed E-state index contributed by atoms with van der Waals surface area (Å²) in [4.78, 5) is 13.7. The number of nitrogens with zero attached hydrogens (tertiary/aromatic N) is 1. The number of carboxylic acid groups (broad SMARTS) is 1. The van der Waals surface area contributed by atoms with Gasteiger partial charge in [0.05, 0.1) is 5.92 Å². The van der Waals surface area contributed by atoms with Gasteiger partial charge >= 0.3 is 5.97 Å². The SMILES string of the molecule is CCN(C1CCCC1)C1CCCC1C(=O)O. The van der Waals surface area contributed by atoms with Crippen LogP contribution in [0.5, 0.6) is 0 Å². The third kappa shape index (κ3) is 2.24. The van der Waals surface area contributed by atoms with E-state index in [1.807, 2.05) is 0 Å². The molecule has 2 rings (SSSR count). The van der Waals surface area contributed by atoms with Gasteiger partial charge in [-0.2, -0.15) is 0 Å². The highest BCUT2D eigenvalue weighted by atomic mass is 16.4. The van der Waals surface area contributed by atoms with Gasteiger partial charge < -0.3 is 5.11 Å². The van der Waals surface area contributed by atoms with Crippen LogP contribution >= 0.6 is 0 Å². The van der Waals surface area contributed by atoms with Crippen LogP contribution in [0.2, 0.25) is 0 Å². The molecule has 0 aliphatic heterocycles. The van der Waals surface area contributed by atoms with Crippen LogP contribution in [0.1, 0.15) is 51.9 Å². The van der Waals surface area contributed by atoms with Crippen molar-refractivity contribution in [3.8, 4) is 0 Å². The Labute approximate surface area is 97.8 Å². The van der Waals surface area contributed by atoms with Crippen molar-refractivity contribution in [1.82, 2.24) is 4.90 Å². The Morgan fingerprint density at radius 2 is 1.88 bits per heavy atom. The smallest absolute Gasteiger partial charge is 0.308 e. The third-order valence-electron chi connectivity index (χ3n) is 4.38. The lowest BCUT2D eigenvalue weighted by atomic mass is 10.00. The second-order valence-electron chi connectivity index (χ2n) is 5.21. The van der Waals surface area contributed by atoms with E-state index in [1.54, 1.807) is 0 Å². The first kappa shape index (κ1) is 11.9. The molecular weight excluding hydrogens is 202 g/mol. The van der Waals surface area contributed by atoms with Crippen molar-refractivity contribution < 1.29 is 9.90 Å². The quantitative estimate of drug-likeness (QED) is 0.799. The van der Waals surface area contributed by atoms with Gasteiger partial charge in [0, 0.05) is 12.1 Å². The molecule has 3 nitrogen and oxygen atoms in total. The molecular formula is C13H23NO2. The van der Waals surface area contributed by atoms with Crippen LogP contribution in [0.3, 0.4) is 0 Å². The maximum absolute atomic E-state index is 11.2. The number of carboxylic acids is 1. The lowest BCUT2D eigenvalue weighted by Crippen LogP contribution is -2.45. The summed E-state index contributed by atoms with van der Waals surface area (Å²) in [6, 6.07) is 0.973. The molecule has 2 fully saturated rings. The lowest BCUT2D eigenvalue weighted by Gasteiger charge is -2.35. The van der Waals surface area contributed by atoms with Gasteiger partial charge in [0.2, 0.25) is 0 Å². The van der Waals surface area contributed by atoms with Crippen molar-refractivity contribution >= 4 is 5.97 Å². The van der Waals surface area contributed by atoms with Crippen LogP contribution < -0.4 is 0 Å². The van der Waals surface area contributed by atoms with E-state index in [2.05, 4.69) is 11.8 Å². The first-order chi connectivity index (χ1) is 7.74. The molecule has 2 aliphatic rings. The average Bonchev–Trinajstić information content (AvgIpc) is 2.88. The summed E-state index contributed by atoms with van der Waals surface area (Å²) in [5, 5.41) is 9.24. The first-order valence-corrected chi connectivity index (χ1v) is 6.72. The summed E-state index contributed by atoms with van der Waals surface area (Å²) < 4.78 is 0. The highest BCUT2D eigenvalue weighted by Crippen LogP contribution is 2.34. The van der Waals surface area contributed by atoms with Crippen LogP contribution in [-0.2, 0) is 4.79 Å². The van der Waals surface area contributed by atoms with E-state index in [9.17, 15) is 9.90 Å². The summed E-state index contributed by atoms with van der Waals surface area (Å²) in [6.07, 6.45) is 8.25. The van der Waals surface area contributed by atoms with Crippen molar-refractivity contribution in [2.24, 2.45) is 5.92 Å². The fourth-order valence-corrected chi connectivity index (χ4v) is 3.62. The van der Waals surface area contributed by atoms with E-state index in [0.717, 1.165) is 25.8 Å². The molecule has 0 amide bonds. The zero-order valence-corrected chi connectivity index (χ0v) is 10.2. The van der Waals surface area contributed by atoms with Crippen LogP contribution in [0.4, 0.5) is 0 Å². The number of carbonyl (C=O) groups is 1. The van der Waals surface area contributed by atoms with Crippen LogP contribution in [0.15, 0.2) is 0 Å². The molecule has 0 aromatic rings. The van der Waals surface area contributed by atoms with Gasteiger partial charge in [-0.25, -0.2) is 0 Å². The molecule has 0 saturated heterocycles. The topological polar surface area (TPSA) is 40.5 Å². The molecule has 2 saturated carbocycles. The third-order valence-corrected chi connectivity index (χ3v) is 4.38. The van der Waals surface area contributed by atoms with Crippen molar-refractivity contribution in [2.75, 3.05) is 6.54 Å². The molecule has 1 N–H and O–H groups in total. The first-order valence-electron chi connectivity index (χ1n) is 6.72. The maximum Gasteiger partial charge on any atom is 0.308 e. The molecule has 92 valence electrons. The Hall–Kier alpha value is -0.570. The largest absolute Gasteiger partial charge is 0.481 e. The number of rotatable bonds is 4. The summed E-state index contributed by atoms with van der Waals surface area (Å²) >= 11 is 0. The highest BCUT2D eigenvalue weighted by Gasteiger charge is 2.39. The molecule has 2 unspecified atom stereocenters. The van der Waals surface area contributed by atoms with Crippen molar-refractivity contribution in [3.63, 3.8) is 0 Å². The van der Waals surface area contributed by atoms with E-state index < -0.39 is 5.97 Å². The second kappa shape index (κ2) is 5.17. The van der Waals surface area contributed by atoms with Gasteiger partial charge in [0.15, 0.2) is 0 Å². The Bertz CT molecular complexity index is 248. The average molecular weight is 225 g/mol. The van der Waals surface area contributed by atoms with E-state index in [0.29, 0.717) is 12.1 Å². The van der Waals surface area contributed by atoms with E-state index in [4.69, 9.17) is 0 Å². The van der Waals surface area contributed by atoms with Gasteiger partial charge in [-0.3, -0.25) is 9.69 Å². The maximum atomic E-state index is 11.2. The van der Waals surface area contributed by atoms with Crippen molar-refractivity contribution in [1.29, 1.82) is 0 Å². The van der Waals surface area contributed by atoms with Crippen molar-refractivity contribution in [3.05, 3.63) is 0 Å². The summed E-state index contributed by atoms with van der Waals surface area (Å²) in [5.74, 6) is -0.695. The summed E-state index contributed by atoms with van der Waals surface area (Å²) in [6.45, 7) is 3.19. The summed E-state index contributed by atoms with van der Waals surface area (Å²) in [7, 11) is 0. The molecule has 0 heterocycles. The number of hydrogen-bond donors (Lipinski definition) is 1. The number of hydrogen-bond acceptors (Lipinski definition) is 2. The minimum Gasteiger partial charge on any atom is -0.481 e. The van der Waals surface area contributed by atoms with E-state index in [1.165, 1.54) is 25.7 Å². The zero-order valence-electron chi connectivity index (χ0n) is 10.2. The highest BCUT2D eigenvalue weighted by molar-refractivity contribution is 5.71. The van der Waals surface area contributed by atoms with Crippen LogP contribution in [0, 0.1) is 5.92 Å². The van der Waals surface area contributed by atoms with Crippen molar-refractivity contribution in [2.45, 2.75) is 64.0 Å². The Kier molecular flexibility index (Phi) is 3.85. The van der Waals surface area contributed by atoms with Crippen LogP contribution in [0.25, 0.3) is 0 Å². The number of aliphatic carboxylic acids is 1. The van der Waals surface area contributed by atoms with Gasteiger partial charge in [0.1, 0.15) is 0 Å². The Morgan fingerprint density at radius 1 is 1.19 bits per heavy atom. The molecule has 2 aliphatic carbocycles. The molecule has 16 heavy (non-hydrogen) atoms. The van der Waals surface area contributed by atoms with Crippen LogP contribution in [-0.4, -0.2) is 34.6 Å². The lowest BCUT2D eigenvalue weighted by molar-refractivity contribution is -0.143. The summed E-state index contributed by atoms with van der Waals surface area (Å²) in [5.41, 5.74) is 0. The molecule has 0 spiro atoms. The predicted molar refractivity (Wildman–Crippen MR) is 63.4 cm³/mol. The van der Waals surface area contributed by atoms with Gasteiger partial charge in [-0.15, -0.1) is 0 Å². The van der Waals surface area contributed by atoms with Gasteiger partial charge in [-0.1, -0.05) is 26.2 Å². The standard InChI is InChI=1S/C13H23NO2/c1-2-14(10-6-3-4-7-10)12-9-5-8-11(12)13(15)16/h10-12H,2-9H2,1H3,(H,15,16). The molecule has 2 atom stereocenters. The molecule has 0 aromatic heterocycles. The fourth-order valence-electron chi connectivity index (χ4n) is 3.62. The molecule has 0 aromatic carbocycles. The van der Waals surface area contributed by atoms with E-state index in [-0.39, 0.29) is 5.92 Å². The monoisotopic (exact) mass is 225 g/mol. The zero-order chi connectivity index (χ0) is 11.5. The molecule has 0 bridgehead atoms. The van der Waals surface area contributed by atoms with Gasteiger partial charge in [-0.05, 0) is 32.2 Å². The van der Waals surface area contributed by atoms with Gasteiger partial charge in [0.25, 0.3) is 0 Å². The van der Waals surface area contributed by atoms with E-state index >= 15 is 0 Å². The fraction of sp³-hybridized carbons (Fsp3) is 0.923. The minimum absolute atomic E-state index is 0.111. The normalized spacial score (nSPS) is 31.4.